The van der Waals surface area contributed by atoms with Crippen LogP contribution in [0, 0.1) is 0 Å². The summed E-state index contributed by atoms with van der Waals surface area (Å²) >= 11 is 4.25. The van der Waals surface area contributed by atoms with Gasteiger partial charge in [0.1, 0.15) is 5.82 Å². The number of nitrogens with one attached hydrogen (secondary N) is 1. The Hall–Kier alpha value is -0.390. The van der Waals surface area contributed by atoms with Crippen molar-refractivity contribution in [1.82, 2.24) is 10.3 Å². The van der Waals surface area contributed by atoms with Crippen molar-refractivity contribution in [2.75, 3.05) is 24.5 Å². The Balaban J connectivity index is 1.71. The first-order valence-corrected chi connectivity index (χ1v) is 7.93. The van der Waals surface area contributed by atoms with Crippen LogP contribution in [0.25, 0.3) is 0 Å². The molecule has 1 unspecified atom stereocenters. The molecule has 1 atom stereocenters. The Kier molecular flexibility index (Phi) is 3.00. The van der Waals surface area contributed by atoms with E-state index in [-0.39, 0.29) is 0 Å². The van der Waals surface area contributed by atoms with Crippen molar-refractivity contribution in [2.45, 2.75) is 24.1 Å². The van der Waals surface area contributed by atoms with E-state index in [4.69, 9.17) is 4.98 Å². The molecule has 0 aromatic carbocycles. The topological polar surface area (TPSA) is 28.2 Å². The molecule has 1 spiro atoms. The molecule has 1 N–H and O–H groups in total. The lowest BCUT2D eigenvalue weighted by molar-refractivity contribution is 0.158. The maximum atomic E-state index is 4.72. The molecule has 2 aliphatic heterocycles. The van der Waals surface area contributed by atoms with E-state index in [2.05, 4.69) is 47.0 Å². The van der Waals surface area contributed by atoms with Crippen LogP contribution in [0.1, 0.15) is 24.3 Å². The normalized spacial score (nSPS) is 23.1. The van der Waals surface area contributed by atoms with Crippen molar-refractivity contribution in [3.63, 3.8) is 0 Å². The van der Waals surface area contributed by atoms with Gasteiger partial charge in [-0.05, 0) is 32.0 Å². The quantitative estimate of drug-likeness (QED) is 0.649. The molecular formula is C12H17N3S2. The summed E-state index contributed by atoms with van der Waals surface area (Å²) in [4.78, 5) is 7.07. The Labute approximate surface area is 111 Å². The molecule has 5 heteroatoms. The van der Waals surface area contributed by atoms with E-state index in [0.29, 0.717) is 10.8 Å². The highest BCUT2D eigenvalue weighted by Gasteiger charge is 2.47. The smallest absolute Gasteiger partial charge is 0.128 e. The van der Waals surface area contributed by atoms with Gasteiger partial charge < -0.3 is 10.2 Å². The molecule has 3 heterocycles. The number of nitrogens with zero attached hydrogens (tertiary/aromatic N) is 2. The minimum atomic E-state index is 0.343. The van der Waals surface area contributed by atoms with E-state index in [1.807, 2.05) is 0 Å². The number of anilines is 1. The molecule has 92 valence electrons. The fourth-order valence-electron chi connectivity index (χ4n) is 2.49. The van der Waals surface area contributed by atoms with Gasteiger partial charge in [-0.1, -0.05) is 16.9 Å². The Morgan fingerprint density at radius 1 is 1.53 bits per heavy atom. The number of rotatable bonds is 3. The largest absolute Gasteiger partial charge is 0.353 e. The fraction of sp³-hybridized carbons (Fsp3) is 0.583. The predicted octanol–water partition coefficient (Wildman–Crippen LogP) is 2.27. The summed E-state index contributed by atoms with van der Waals surface area (Å²) in [6.45, 7) is 5.52. The third-order valence-corrected chi connectivity index (χ3v) is 5.25. The highest BCUT2D eigenvalue weighted by Crippen LogP contribution is 2.35. The van der Waals surface area contributed by atoms with Gasteiger partial charge in [0.2, 0.25) is 0 Å². The van der Waals surface area contributed by atoms with E-state index in [9.17, 15) is 0 Å². The highest BCUT2D eigenvalue weighted by atomic mass is 33.1. The van der Waals surface area contributed by atoms with E-state index >= 15 is 0 Å². The molecule has 2 fully saturated rings. The van der Waals surface area contributed by atoms with Crippen LogP contribution in [-0.2, 0) is 0 Å². The van der Waals surface area contributed by atoms with Crippen molar-refractivity contribution in [1.29, 1.82) is 0 Å². The highest BCUT2D eigenvalue weighted by molar-refractivity contribution is 8.68. The van der Waals surface area contributed by atoms with Gasteiger partial charge in [-0.15, -0.1) is 11.7 Å². The van der Waals surface area contributed by atoms with E-state index in [1.54, 1.807) is 10.8 Å². The van der Waals surface area contributed by atoms with Gasteiger partial charge in [0.25, 0.3) is 0 Å². The third-order valence-electron chi connectivity index (χ3n) is 3.75. The molecule has 0 saturated carbocycles. The van der Waals surface area contributed by atoms with Crippen molar-refractivity contribution in [2.24, 2.45) is 0 Å². The SMILES string of the molecule is CC(SS)c1cccc(N2CC3(CCN3)C2)n1. The summed E-state index contributed by atoms with van der Waals surface area (Å²) in [7, 11) is 1.54. The molecule has 1 aromatic rings. The van der Waals surface area contributed by atoms with Crippen molar-refractivity contribution >= 4 is 28.3 Å². The second-order valence-electron chi connectivity index (χ2n) is 4.98. The number of aromatic nitrogens is 1. The van der Waals surface area contributed by atoms with Gasteiger partial charge >= 0.3 is 0 Å². The molecule has 2 aliphatic rings. The molecular weight excluding hydrogens is 250 g/mol. The van der Waals surface area contributed by atoms with Crippen LogP contribution < -0.4 is 10.2 Å². The van der Waals surface area contributed by atoms with Crippen molar-refractivity contribution in [3.8, 4) is 0 Å². The Morgan fingerprint density at radius 3 is 2.88 bits per heavy atom. The maximum Gasteiger partial charge on any atom is 0.128 e. The lowest BCUT2D eigenvalue weighted by Crippen LogP contribution is -2.76. The first-order valence-electron chi connectivity index (χ1n) is 6.00. The van der Waals surface area contributed by atoms with Gasteiger partial charge in [0, 0.05) is 13.1 Å². The number of thiol groups is 1. The van der Waals surface area contributed by atoms with Gasteiger partial charge in [0.05, 0.1) is 16.5 Å². The monoisotopic (exact) mass is 267 g/mol. The maximum absolute atomic E-state index is 4.72. The predicted molar refractivity (Wildman–Crippen MR) is 76.8 cm³/mol. The molecule has 3 rings (SSSR count). The van der Waals surface area contributed by atoms with Crippen molar-refractivity contribution in [3.05, 3.63) is 23.9 Å². The Bertz CT molecular complexity index is 412. The van der Waals surface area contributed by atoms with Crippen LogP contribution in [0.2, 0.25) is 0 Å². The van der Waals surface area contributed by atoms with E-state index in [1.165, 1.54) is 13.0 Å². The molecule has 0 radical (unpaired) electrons. The fourth-order valence-corrected chi connectivity index (χ4v) is 3.05. The standard InChI is InChI=1S/C12H17N3S2/c1-9(17-16)10-3-2-4-11(14-10)15-7-12(8-15)5-6-13-12/h2-4,9,13,16H,5-8H2,1H3. The molecule has 0 amide bonds. The summed E-state index contributed by atoms with van der Waals surface area (Å²) in [6.07, 6.45) is 1.31. The Morgan fingerprint density at radius 2 is 2.29 bits per heavy atom. The zero-order valence-corrected chi connectivity index (χ0v) is 11.6. The second-order valence-corrected chi connectivity index (χ2v) is 6.53. The summed E-state index contributed by atoms with van der Waals surface area (Å²) in [5.74, 6) is 1.11. The molecule has 0 aliphatic carbocycles. The summed E-state index contributed by atoms with van der Waals surface area (Å²) in [5, 5.41) is 3.86. The lowest BCUT2D eigenvalue weighted by atomic mass is 9.80. The number of pyridine rings is 1. The molecule has 2 saturated heterocycles. The van der Waals surface area contributed by atoms with Gasteiger partial charge in [0.15, 0.2) is 0 Å². The number of hydrogen-bond acceptors (Lipinski definition) is 5. The van der Waals surface area contributed by atoms with Crippen LogP contribution >= 0.6 is 22.5 Å². The zero-order chi connectivity index (χ0) is 11.9. The summed E-state index contributed by atoms with van der Waals surface area (Å²) in [5.41, 5.74) is 1.53. The third kappa shape index (κ3) is 2.04. The lowest BCUT2D eigenvalue weighted by Gasteiger charge is -2.57. The first-order chi connectivity index (χ1) is 8.22. The molecule has 3 nitrogen and oxygen atoms in total. The van der Waals surface area contributed by atoms with Crippen LogP contribution in [0.4, 0.5) is 5.82 Å². The van der Waals surface area contributed by atoms with E-state index < -0.39 is 0 Å². The average molecular weight is 267 g/mol. The van der Waals surface area contributed by atoms with Crippen LogP contribution in [0.15, 0.2) is 18.2 Å². The summed E-state index contributed by atoms with van der Waals surface area (Å²) in [6, 6.07) is 6.27. The molecule has 0 bridgehead atoms. The van der Waals surface area contributed by atoms with Crippen LogP contribution in [0.3, 0.4) is 0 Å². The van der Waals surface area contributed by atoms with Crippen LogP contribution in [-0.4, -0.2) is 30.2 Å². The average Bonchev–Trinajstić information content (AvgIpc) is 2.25. The molecule has 1 aromatic heterocycles. The van der Waals surface area contributed by atoms with Gasteiger partial charge in [-0.2, -0.15) is 0 Å². The second kappa shape index (κ2) is 4.37. The van der Waals surface area contributed by atoms with Gasteiger partial charge in [-0.3, -0.25) is 0 Å². The van der Waals surface area contributed by atoms with E-state index in [0.717, 1.165) is 24.6 Å². The minimum Gasteiger partial charge on any atom is -0.353 e. The number of hydrogen-bond donors (Lipinski definition) is 2. The molecule has 17 heavy (non-hydrogen) atoms. The van der Waals surface area contributed by atoms with Gasteiger partial charge in [-0.25, -0.2) is 4.98 Å². The summed E-state index contributed by atoms with van der Waals surface area (Å²) < 4.78 is 0. The van der Waals surface area contributed by atoms with Crippen molar-refractivity contribution < 1.29 is 0 Å². The first kappa shape index (κ1) is 11.7. The zero-order valence-electron chi connectivity index (χ0n) is 9.89. The minimum absolute atomic E-state index is 0.343. The van der Waals surface area contributed by atoms with Crippen LogP contribution in [0.5, 0.6) is 0 Å².